The lowest BCUT2D eigenvalue weighted by atomic mass is 10.1. The summed E-state index contributed by atoms with van der Waals surface area (Å²) < 4.78 is 25.7. The molecule has 1 amide bonds. The largest absolute Gasteiger partial charge is 0.322 e. The van der Waals surface area contributed by atoms with Gasteiger partial charge >= 0.3 is 0 Å². The number of sulfonamides is 1. The zero-order valence-corrected chi connectivity index (χ0v) is 16.0. The number of nitrogens with one attached hydrogen (secondary N) is 2. The van der Waals surface area contributed by atoms with Gasteiger partial charge < -0.3 is 5.32 Å². The first-order valence-corrected chi connectivity index (χ1v) is 10.3. The molecule has 1 heterocycles. The van der Waals surface area contributed by atoms with E-state index in [4.69, 9.17) is 0 Å². The van der Waals surface area contributed by atoms with Crippen LogP contribution in [0.15, 0.2) is 70.9 Å². The van der Waals surface area contributed by atoms with E-state index in [2.05, 4.69) is 21.9 Å². The lowest BCUT2D eigenvalue weighted by Crippen LogP contribution is -2.19. The Morgan fingerprint density at radius 1 is 1.00 bits per heavy atom. The summed E-state index contributed by atoms with van der Waals surface area (Å²) in [4.78, 5) is 13.5. The van der Waals surface area contributed by atoms with E-state index in [9.17, 15) is 13.2 Å². The fraction of sp³-hybridized carbons (Fsp3) is 0.0500. The van der Waals surface area contributed by atoms with Crippen LogP contribution < -0.4 is 10.0 Å². The Morgan fingerprint density at radius 3 is 2.44 bits per heavy atom. The number of hydrogen-bond donors (Lipinski definition) is 2. The predicted octanol–water partition coefficient (Wildman–Crippen LogP) is 3.31. The molecule has 1 aromatic heterocycles. The molecule has 0 atom stereocenters. The van der Waals surface area contributed by atoms with Crippen LogP contribution in [-0.2, 0) is 10.0 Å². The summed E-state index contributed by atoms with van der Waals surface area (Å²) in [6.45, 7) is 0. The molecule has 0 bridgehead atoms. The molecule has 5 nitrogen and oxygen atoms in total. The van der Waals surface area contributed by atoms with Gasteiger partial charge in [0, 0.05) is 16.8 Å². The monoisotopic (exact) mass is 396 g/mol. The number of carbonyl (C=O) groups is 1. The van der Waals surface area contributed by atoms with Crippen LogP contribution in [-0.4, -0.2) is 21.4 Å². The molecule has 0 aliphatic rings. The number of amides is 1. The van der Waals surface area contributed by atoms with E-state index < -0.39 is 10.0 Å². The summed E-state index contributed by atoms with van der Waals surface area (Å²) in [5.74, 6) is 5.81. The van der Waals surface area contributed by atoms with Crippen molar-refractivity contribution in [3.05, 3.63) is 82.0 Å². The minimum Gasteiger partial charge on any atom is -0.322 e. The van der Waals surface area contributed by atoms with Crippen molar-refractivity contribution in [3.63, 3.8) is 0 Å². The van der Waals surface area contributed by atoms with E-state index in [0.29, 0.717) is 11.3 Å². The van der Waals surface area contributed by atoms with Gasteiger partial charge in [-0.2, -0.15) is 0 Å². The van der Waals surface area contributed by atoms with Gasteiger partial charge in [0.15, 0.2) is 0 Å². The molecule has 0 saturated heterocycles. The van der Waals surface area contributed by atoms with Crippen LogP contribution in [0.1, 0.15) is 20.8 Å². The number of hydrogen-bond acceptors (Lipinski definition) is 4. The summed E-state index contributed by atoms with van der Waals surface area (Å²) in [5.41, 5.74) is 1.77. The topological polar surface area (TPSA) is 75.3 Å². The Kier molecular flexibility index (Phi) is 5.72. The van der Waals surface area contributed by atoms with Gasteiger partial charge in [-0.25, -0.2) is 13.1 Å². The van der Waals surface area contributed by atoms with Crippen molar-refractivity contribution in [3.8, 4) is 11.8 Å². The summed E-state index contributed by atoms with van der Waals surface area (Å²) in [6.07, 6.45) is 0. The molecule has 136 valence electrons. The summed E-state index contributed by atoms with van der Waals surface area (Å²) in [6, 6.07) is 16.9. The number of benzene rings is 2. The lowest BCUT2D eigenvalue weighted by Gasteiger charge is -2.07. The van der Waals surface area contributed by atoms with Crippen molar-refractivity contribution in [2.75, 3.05) is 12.4 Å². The first kappa shape index (κ1) is 18.9. The minimum absolute atomic E-state index is 0.104. The minimum atomic E-state index is -3.53. The molecule has 0 fully saturated rings. The van der Waals surface area contributed by atoms with Gasteiger partial charge in [0.1, 0.15) is 0 Å². The molecule has 7 heteroatoms. The van der Waals surface area contributed by atoms with Crippen molar-refractivity contribution in [1.82, 2.24) is 4.72 Å². The van der Waals surface area contributed by atoms with Gasteiger partial charge in [0.2, 0.25) is 10.0 Å². The molecule has 0 radical (unpaired) electrons. The smallest absolute Gasteiger partial charge is 0.255 e. The fourth-order valence-electron chi connectivity index (χ4n) is 2.26. The first-order chi connectivity index (χ1) is 13.0. The average molecular weight is 396 g/mol. The second kappa shape index (κ2) is 8.18. The highest BCUT2D eigenvalue weighted by molar-refractivity contribution is 7.89. The third-order valence-electron chi connectivity index (χ3n) is 3.67. The van der Waals surface area contributed by atoms with E-state index in [1.807, 2.05) is 29.6 Å². The highest BCUT2D eigenvalue weighted by Gasteiger charge is 2.12. The Hall–Kier alpha value is -2.92. The molecule has 0 aliphatic heterocycles. The number of rotatable bonds is 4. The van der Waals surface area contributed by atoms with Crippen molar-refractivity contribution in [2.24, 2.45) is 0 Å². The Morgan fingerprint density at radius 2 is 1.78 bits per heavy atom. The van der Waals surface area contributed by atoms with Gasteiger partial charge in [-0.15, -0.1) is 11.3 Å². The van der Waals surface area contributed by atoms with Gasteiger partial charge in [0.25, 0.3) is 5.91 Å². The van der Waals surface area contributed by atoms with E-state index in [1.165, 1.54) is 31.3 Å². The normalized spacial score (nSPS) is 10.7. The predicted molar refractivity (Wildman–Crippen MR) is 107 cm³/mol. The zero-order chi connectivity index (χ0) is 19.3. The van der Waals surface area contributed by atoms with Gasteiger partial charge in [-0.05, 0) is 61.0 Å². The van der Waals surface area contributed by atoms with E-state index in [1.54, 1.807) is 23.5 Å². The first-order valence-electron chi connectivity index (χ1n) is 7.98. The van der Waals surface area contributed by atoms with Crippen LogP contribution in [0.2, 0.25) is 0 Å². The number of thiophene rings is 1. The van der Waals surface area contributed by atoms with Crippen molar-refractivity contribution in [1.29, 1.82) is 0 Å². The van der Waals surface area contributed by atoms with Crippen molar-refractivity contribution < 1.29 is 13.2 Å². The van der Waals surface area contributed by atoms with Gasteiger partial charge in [0.05, 0.1) is 9.77 Å². The van der Waals surface area contributed by atoms with Crippen LogP contribution in [0.4, 0.5) is 5.69 Å². The van der Waals surface area contributed by atoms with Crippen LogP contribution >= 0.6 is 11.3 Å². The molecule has 0 unspecified atom stereocenters. The third-order valence-corrected chi connectivity index (χ3v) is 5.88. The highest BCUT2D eigenvalue weighted by Crippen LogP contribution is 2.14. The number of anilines is 1. The lowest BCUT2D eigenvalue weighted by molar-refractivity contribution is 0.102. The summed E-state index contributed by atoms with van der Waals surface area (Å²) in [5, 5.41) is 4.76. The van der Waals surface area contributed by atoms with Crippen LogP contribution in [0, 0.1) is 11.8 Å². The standard InChI is InChI=1S/C20H16N2O3S2/c1-21-27(24,25)19-11-8-16(9-12-19)20(23)22-17-5-2-4-15(14-17)7-10-18-6-3-13-26-18/h2-6,8-9,11-14,21H,1H3,(H,22,23). The quantitative estimate of drug-likeness (QED) is 0.665. The van der Waals surface area contributed by atoms with Crippen LogP contribution in [0.3, 0.4) is 0 Å². The molecule has 0 spiro atoms. The molecule has 27 heavy (non-hydrogen) atoms. The molecule has 2 aromatic carbocycles. The second-order valence-electron chi connectivity index (χ2n) is 5.49. The maximum atomic E-state index is 12.4. The molecule has 0 aliphatic carbocycles. The highest BCUT2D eigenvalue weighted by atomic mass is 32.2. The van der Waals surface area contributed by atoms with Crippen molar-refractivity contribution in [2.45, 2.75) is 4.90 Å². The van der Waals surface area contributed by atoms with Crippen LogP contribution in [0.5, 0.6) is 0 Å². The Balaban J connectivity index is 1.73. The van der Waals surface area contributed by atoms with Crippen LogP contribution in [0.25, 0.3) is 0 Å². The molecular formula is C20H16N2O3S2. The van der Waals surface area contributed by atoms with E-state index in [-0.39, 0.29) is 10.8 Å². The Labute approximate surface area is 162 Å². The molecule has 0 saturated carbocycles. The fourth-order valence-corrected chi connectivity index (χ4v) is 3.57. The molecular weight excluding hydrogens is 380 g/mol. The maximum absolute atomic E-state index is 12.4. The average Bonchev–Trinajstić information content (AvgIpc) is 3.20. The summed E-state index contributed by atoms with van der Waals surface area (Å²) in [7, 11) is -2.19. The number of carbonyl (C=O) groups excluding carboxylic acids is 1. The van der Waals surface area contributed by atoms with Crippen molar-refractivity contribution >= 4 is 33.0 Å². The third kappa shape index (κ3) is 4.83. The van der Waals surface area contributed by atoms with E-state index in [0.717, 1.165) is 10.4 Å². The molecule has 3 aromatic rings. The molecule has 2 N–H and O–H groups in total. The summed E-state index contributed by atoms with van der Waals surface area (Å²) >= 11 is 1.57. The Bertz CT molecular complexity index is 1110. The zero-order valence-electron chi connectivity index (χ0n) is 14.4. The van der Waals surface area contributed by atoms with Gasteiger partial charge in [-0.3, -0.25) is 4.79 Å². The SMILES string of the molecule is CNS(=O)(=O)c1ccc(C(=O)Nc2cccc(C#Cc3cccs3)c2)cc1. The van der Waals surface area contributed by atoms with E-state index >= 15 is 0 Å². The maximum Gasteiger partial charge on any atom is 0.255 e. The van der Waals surface area contributed by atoms with Gasteiger partial charge in [-0.1, -0.05) is 24.0 Å². The second-order valence-corrected chi connectivity index (χ2v) is 8.33. The molecule has 3 rings (SSSR count).